The third-order valence-electron chi connectivity index (χ3n) is 2.57. The average molecular weight is 277 g/mol. The van der Waals surface area contributed by atoms with E-state index in [-0.39, 0.29) is 12.8 Å². The van der Waals surface area contributed by atoms with Gasteiger partial charge in [-0.2, -0.15) is 0 Å². The number of alkyl halides is 2. The highest BCUT2D eigenvalue weighted by Gasteiger charge is 2.12. The lowest BCUT2D eigenvalue weighted by Gasteiger charge is -2.10. The average Bonchev–Trinajstić information content (AvgIpc) is 2.65. The Hall–Kier alpha value is -1.04. The predicted molar refractivity (Wildman–Crippen MR) is 71.3 cm³/mol. The second kappa shape index (κ2) is 9.83. The zero-order valence-electron chi connectivity index (χ0n) is 12.2. The fraction of sp³-hybridized carbons (Fsp3) is 0.846. The summed E-state index contributed by atoms with van der Waals surface area (Å²) in [5, 5.41) is 17.2. The Kier molecular flexibility index (Phi) is 9.30. The van der Waals surface area contributed by atoms with Crippen LogP contribution in [0.1, 0.15) is 50.9 Å². The quantitative estimate of drug-likeness (QED) is 0.870. The van der Waals surface area contributed by atoms with Crippen LogP contribution in [0.4, 0.5) is 8.78 Å². The first-order valence-corrected chi connectivity index (χ1v) is 6.73. The van der Waals surface area contributed by atoms with Crippen molar-refractivity contribution in [1.29, 1.82) is 0 Å². The van der Waals surface area contributed by atoms with Crippen molar-refractivity contribution in [2.45, 2.75) is 65.4 Å². The summed E-state index contributed by atoms with van der Waals surface area (Å²) in [4.78, 5) is 0. The number of rotatable bonds is 6. The second-order valence-corrected chi connectivity index (χ2v) is 4.61. The Morgan fingerprint density at radius 3 is 2.21 bits per heavy atom. The fourth-order valence-corrected chi connectivity index (χ4v) is 1.59. The Bertz CT molecular complexity index is 323. The number of aryl methyl sites for hydroxylation is 2. The smallest absolute Gasteiger partial charge is 0.238 e. The molecule has 1 N–H and O–H groups in total. The first kappa shape index (κ1) is 18.0. The Morgan fingerprint density at radius 1 is 1.21 bits per heavy atom. The zero-order valence-corrected chi connectivity index (χ0v) is 12.2. The van der Waals surface area contributed by atoms with Gasteiger partial charge in [0.1, 0.15) is 0 Å². The number of aromatic nitrogens is 3. The molecule has 0 radical (unpaired) electrons. The van der Waals surface area contributed by atoms with Crippen LogP contribution in [-0.4, -0.2) is 32.6 Å². The van der Waals surface area contributed by atoms with Crippen molar-refractivity contribution in [3.05, 3.63) is 11.4 Å². The van der Waals surface area contributed by atoms with Crippen molar-refractivity contribution >= 4 is 0 Å². The maximum Gasteiger partial charge on any atom is 0.238 e. The Labute approximate surface area is 113 Å². The summed E-state index contributed by atoms with van der Waals surface area (Å²) in [6, 6.07) is 0. The van der Waals surface area contributed by atoms with Crippen LogP contribution in [-0.2, 0) is 13.5 Å². The second-order valence-electron chi connectivity index (χ2n) is 4.61. The van der Waals surface area contributed by atoms with Gasteiger partial charge in [0.2, 0.25) is 6.43 Å². The number of aliphatic hydroxyl groups excluding tert-OH is 1. The standard InChI is InChI=1S/C10H17F2N3O.C3H8/c1-7-9(15(2)14-13-7)5-3-8(16)4-6-10(11)12;1-3-2/h8,10,16H,3-6H2,1-2H3;3H2,1-2H3. The van der Waals surface area contributed by atoms with E-state index in [4.69, 9.17) is 0 Å². The summed E-state index contributed by atoms with van der Waals surface area (Å²) < 4.78 is 25.5. The molecule has 0 bridgehead atoms. The minimum Gasteiger partial charge on any atom is -0.393 e. The molecular weight excluding hydrogens is 252 g/mol. The lowest BCUT2D eigenvalue weighted by molar-refractivity contribution is 0.0922. The molecule has 0 amide bonds. The summed E-state index contributed by atoms with van der Waals surface area (Å²) in [5.41, 5.74) is 1.76. The molecule has 1 atom stereocenters. The molecule has 0 aromatic carbocycles. The van der Waals surface area contributed by atoms with Crippen LogP contribution >= 0.6 is 0 Å². The summed E-state index contributed by atoms with van der Waals surface area (Å²) in [7, 11) is 1.78. The molecule has 1 heterocycles. The third-order valence-corrected chi connectivity index (χ3v) is 2.57. The first-order valence-electron chi connectivity index (χ1n) is 6.73. The van der Waals surface area contributed by atoms with E-state index in [2.05, 4.69) is 24.2 Å². The van der Waals surface area contributed by atoms with E-state index in [0.717, 1.165) is 11.4 Å². The van der Waals surface area contributed by atoms with E-state index >= 15 is 0 Å². The molecule has 0 aliphatic carbocycles. The van der Waals surface area contributed by atoms with Crippen LogP contribution < -0.4 is 0 Å². The summed E-state index contributed by atoms with van der Waals surface area (Å²) in [5.74, 6) is 0. The molecule has 1 rings (SSSR count). The normalized spacial score (nSPS) is 12.2. The van der Waals surface area contributed by atoms with Crippen LogP contribution in [0, 0.1) is 6.92 Å². The molecule has 19 heavy (non-hydrogen) atoms. The minimum absolute atomic E-state index is 0.141. The van der Waals surface area contributed by atoms with Gasteiger partial charge in [0.25, 0.3) is 0 Å². The van der Waals surface area contributed by atoms with Gasteiger partial charge in [-0.15, -0.1) is 5.10 Å². The maximum atomic E-state index is 11.9. The molecule has 1 unspecified atom stereocenters. The minimum atomic E-state index is -2.34. The van der Waals surface area contributed by atoms with Crippen molar-refractivity contribution in [2.24, 2.45) is 7.05 Å². The van der Waals surface area contributed by atoms with E-state index in [9.17, 15) is 13.9 Å². The lowest BCUT2D eigenvalue weighted by Crippen LogP contribution is -2.11. The lowest BCUT2D eigenvalue weighted by atomic mass is 10.1. The monoisotopic (exact) mass is 277 g/mol. The van der Waals surface area contributed by atoms with Gasteiger partial charge in [0.05, 0.1) is 17.5 Å². The van der Waals surface area contributed by atoms with Gasteiger partial charge < -0.3 is 5.11 Å². The largest absolute Gasteiger partial charge is 0.393 e. The van der Waals surface area contributed by atoms with Crippen LogP contribution in [0.3, 0.4) is 0 Å². The van der Waals surface area contributed by atoms with Gasteiger partial charge in [-0.05, 0) is 26.2 Å². The van der Waals surface area contributed by atoms with Crippen LogP contribution in [0.2, 0.25) is 0 Å². The number of aliphatic hydroxyl groups is 1. The molecule has 112 valence electrons. The molecule has 0 aliphatic heterocycles. The van der Waals surface area contributed by atoms with Gasteiger partial charge in [-0.3, -0.25) is 4.68 Å². The highest BCUT2D eigenvalue weighted by molar-refractivity contribution is 5.07. The topological polar surface area (TPSA) is 50.9 Å². The van der Waals surface area contributed by atoms with Crippen molar-refractivity contribution in [2.75, 3.05) is 0 Å². The highest BCUT2D eigenvalue weighted by atomic mass is 19.3. The summed E-state index contributed by atoms with van der Waals surface area (Å²) in [6.45, 7) is 6.09. The van der Waals surface area contributed by atoms with Crippen molar-refractivity contribution < 1.29 is 13.9 Å². The summed E-state index contributed by atoms with van der Waals surface area (Å²) >= 11 is 0. The molecule has 4 nitrogen and oxygen atoms in total. The van der Waals surface area contributed by atoms with E-state index in [1.165, 1.54) is 6.42 Å². The first-order chi connectivity index (χ1) is 8.92. The van der Waals surface area contributed by atoms with Gasteiger partial charge in [0.15, 0.2) is 0 Å². The van der Waals surface area contributed by atoms with Crippen molar-refractivity contribution in [3.8, 4) is 0 Å². The molecule has 0 fully saturated rings. The van der Waals surface area contributed by atoms with E-state index < -0.39 is 12.5 Å². The molecule has 0 saturated heterocycles. The fourth-order valence-electron chi connectivity index (χ4n) is 1.59. The molecule has 1 aromatic heterocycles. The molecule has 1 aromatic rings. The number of hydrogen-bond donors (Lipinski definition) is 1. The summed E-state index contributed by atoms with van der Waals surface area (Å²) in [6.07, 6.45) is -0.793. The van der Waals surface area contributed by atoms with Crippen LogP contribution in [0.5, 0.6) is 0 Å². The van der Waals surface area contributed by atoms with Crippen LogP contribution in [0.25, 0.3) is 0 Å². The van der Waals surface area contributed by atoms with Gasteiger partial charge in [0, 0.05) is 13.5 Å². The Morgan fingerprint density at radius 2 is 1.79 bits per heavy atom. The molecule has 0 saturated carbocycles. The SMILES string of the molecule is CCC.Cc1nnn(C)c1CCC(O)CCC(F)F. The van der Waals surface area contributed by atoms with Gasteiger partial charge in [-0.25, -0.2) is 8.78 Å². The molecular formula is C13H25F2N3O. The zero-order chi connectivity index (χ0) is 14.8. The predicted octanol–water partition coefficient (Wildman–Crippen LogP) is 2.88. The number of hydrogen-bond acceptors (Lipinski definition) is 3. The van der Waals surface area contributed by atoms with E-state index in [1.807, 2.05) is 6.92 Å². The van der Waals surface area contributed by atoms with E-state index in [0.29, 0.717) is 12.8 Å². The van der Waals surface area contributed by atoms with Crippen molar-refractivity contribution in [1.82, 2.24) is 15.0 Å². The van der Waals surface area contributed by atoms with Crippen molar-refractivity contribution in [3.63, 3.8) is 0 Å². The number of nitrogens with zero attached hydrogens (tertiary/aromatic N) is 3. The van der Waals surface area contributed by atoms with Crippen LogP contribution in [0.15, 0.2) is 0 Å². The Balaban J connectivity index is 0.000000982. The van der Waals surface area contributed by atoms with Gasteiger partial charge in [-0.1, -0.05) is 25.5 Å². The van der Waals surface area contributed by atoms with Gasteiger partial charge >= 0.3 is 0 Å². The molecule has 0 spiro atoms. The number of halogens is 2. The highest BCUT2D eigenvalue weighted by Crippen LogP contribution is 2.12. The molecule has 0 aliphatic rings. The maximum absolute atomic E-state index is 11.9. The molecule has 6 heteroatoms. The third kappa shape index (κ3) is 7.87. The van der Waals surface area contributed by atoms with E-state index in [1.54, 1.807) is 11.7 Å².